The first-order valence-corrected chi connectivity index (χ1v) is 13.2. The summed E-state index contributed by atoms with van der Waals surface area (Å²) in [7, 11) is 0. The molecule has 0 saturated heterocycles. The number of carbonyl (C=O) groups excluding carboxylic acids is 3. The molecule has 0 amide bonds. The summed E-state index contributed by atoms with van der Waals surface area (Å²) >= 11 is 0. The van der Waals surface area contributed by atoms with Gasteiger partial charge in [-0.05, 0) is 99.8 Å². The van der Waals surface area contributed by atoms with Gasteiger partial charge in [0.25, 0.3) is 0 Å². The summed E-state index contributed by atoms with van der Waals surface area (Å²) in [6.45, 7) is 7.97. The van der Waals surface area contributed by atoms with Gasteiger partial charge in [0, 0.05) is 6.08 Å². The molecule has 0 spiro atoms. The zero-order chi connectivity index (χ0) is 25.2. The molecule has 0 aromatic heterocycles. The summed E-state index contributed by atoms with van der Waals surface area (Å²) in [6, 6.07) is 5.00. The van der Waals surface area contributed by atoms with Crippen LogP contribution in [0.4, 0.5) is 0 Å². The Bertz CT molecular complexity index is 883. The topological polar surface area (TPSA) is 78.9 Å². The van der Waals surface area contributed by atoms with Crippen LogP contribution in [0.5, 0.6) is 5.75 Å². The van der Waals surface area contributed by atoms with Crippen LogP contribution in [0.25, 0.3) is 0 Å². The summed E-state index contributed by atoms with van der Waals surface area (Å²) < 4.78 is 15.9. The average molecular weight is 485 g/mol. The molecule has 2 unspecified atom stereocenters. The lowest BCUT2D eigenvalue weighted by Gasteiger charge is -2.31. The monoisotopic (exact) mass is 484 g/mol. The minimum absolute atomic E-state index is 0.0376. The van der Waals surface area contributed by atoms with Gasteiger partial charge >= 0.3 is 17.9 Å². The molecule has 2 saturated carbocycles. The summed E-state index contributed by atoms with van der Waals surface area (Å²) in [5.41, 5.74) is 1.15. The van der Waals surface area contributed by atoms with Crippen molar-refractivity contribution in [2.45, 2.75) is 78.1 Å². The van der Waals surface area contributed by atoms with E-state index in [-0.39, 0.29) is 25.1 Å². The third-order valence-corrected chi connectivity index (χ3v) is 7.73. The Morgan fingerprint density at radius 1 is 0.971 bits per heavy atom. The van der Waals surface area contributed by atoms with Crippen molar-refractivity contribution in [3.8, 4) is 5.75 Å². The van der Waals surface area contributed by atoms with Crippen LogP contribution in [0, 0.1) is 30.6 Å². The van der Waals surface area contributed by atoms with Crippen molar-refractivity contribution in [2.24, 2.45) is 23.7 Å². The first-order valence-electron chi connectivity index (χ1n) is 13.2. The molecule has 192 valence electrons. The first-order chi connectivity index (χ1) is 16.9. The van der Waals surface area contributed by atoms with E-state index in [0.717, 1.165) is 55.1 Å². The van der Waals surface area contributed by atoms with Crippen LogP contribution in [0.3, 0.4) is 0 Å². The van der Waals surface area contributed by atoms with Crippen LogP contribution in [0.15, 0.2) is 30.9 Å². The second-order valence-corrected chi connectivity index (χ2v) is 10.1. The standard InChI is InChI=1S/C29H40O6/c1-4-21-8-9-24(19-21)22-10-12-23(13-11-22)29(32)35-26-15-14-25(18-20(26)3)28(31)34-17-7-6-16-33-27(30)5-2/h5,14-15,18,21-24H,2,4,6-13,16-17,19H2,1,3H3. The van der Waals surface area contributed by atoms with E-state index in [1.54, 1.807) is 18.2 Å². The molecular weight excluding hydrogens is 444 g/mol. The van der Waals surface area contributed by atoms with Crippen molar-refractivity contribution in [3.05, 3.63) is 42.0 Å². The molecule has 2 fully saturated rings. The Balaban J connectivity index is 1.40. The molecule has 0 aliphatic heterocycles. The molecule has 1 aromatic carbocycles. The van der Waals surface area contributed by atoms with Crippen LogP contribution in [-0.2, 0) is 19.1 Å². The highest BCUT2D eigenvalue weighted by molar-refractivity contribution is 5.90. The molecule has 0 bridgehead atoms. The average Bonchev–Trinajstić information content (AvgIpc) is 3.36. The third-order valence-electron chi connectivity index (χ3n) is 7.73. The molecule has 35 heavy (non-hydrogen) atoms. The number of hydrogen-bond acceptors (Lipinski definition) is 6. The number of carbonyl (C=O) groups is 3. The number of esters is 3. The molecule has 2 atom stereocenters. The summed E-state index contributed by atoms with van der Waals surface area (Å²) in [5.74, 6) is 1.94. The quantitative estimate of drug-likeness (QED) is 0.161. The fourth-order valence-corrected chi connectivity index (χ4v) is 5.51. The second-order valence-electron chi connectivity index (χ2n) is 10.1. The zero-order valence-electron chi connectivity index (χ0n) is 21.3. The van der Waals surface area contributed by atoms with E-state index in [4.69, 9.17) is 14.2 Å². The van der Waals surface area contributed by atoms with Crippen molar-refractivity contribution in [3.63, 3.8) is 0 Å². The number of rotatable bonds is 11. The van der Waals surface area contributed by atoms with Gasteiger partial charge < -0.3 is 14.2 Å². The maximum Gasteiger partial charge on any atom is 0.338 e. The lowest BCUT2D eigenvalue weighted by atomic mass is 9.75. The number of unbranched alkanes of at least 4 members (excludes halogenated alkanes) is 1. The van der Waals surface area contributed by atoms with E-state index in [0.29, 0.717) is 24.2 Å². The van der Waals surface area contributed by atoms with Crippen LogP contribution < -0.4 is 4.74 Å². The molecule has 6 heteroatoms. The number of hydrogen-bond donors (Lipinski definition) is 0. The van der Waals surface area contributed by atoms with Crippen molar-refractivity contribution in [1.29, 1.82) is 0 Å². The molecule has 0 heterocycles. The molecule has 2 aliphatic carbocycles. The van der Waals surface area contributed by atoms with Crippen LogP contribution in [-0.4, -0.2) is 31.1 Å². The van der Waals surface area contributed by atoms with Crippen LogP contribution >= 0.6 is 0 Å². The molecule has 6 nitrogen and oxygen atoms in total. The predicted octanol–water partition coefficient (Wildman–Crippen LogP) is 6.20. The van der Waals surface area contributed by atoms with Gasteiger partial charge in [-0.15, -0.1) is 0 Å². The van der Waals surface area contributed by atoms with E-state index < -0.39 is 11.9 Å². The van der Waals surface area contributed by atoms with E-state index in [2.05, 4.69) is 13.5 Å². The van der Waals surface area contributed by atoms with Gasteiger partial charge in [0.2, 0.25) is 0 Å². The highest BCUT2D eigenvalue weighted by atomic mass is 16.5. The van der Waals surface area contributed by atoms with Gasteiger partial charge in [-0.2, -0.15) is 0 Å². The molecule has 2 aliphatic rings. The van der Waals surface area contributed by atoms with Gasteiger partial charge in [0.1, 0.15) is 5.75 Å². The summed E-state index contributed by atoms with van der Waals surface area (Å²) in [6.07, 6.45) is 11.8. The Morgan fingerprint density at radius 2 is 1.66 bits per heavy atom. The third kappa shape index (κ3) is 7.94. The van der Waals surface area contributed by atoms with Crippen molar-refractivity contribution in [2.75, 3.05) is 13.2 Å². The molecule has 0 radical (unpaired) electrons. The molecule has 0 N–H and O–H groups in total. The van der Waals surface area contributed by atoms with E-state index in [9.17, 15) is 14.4 Å². The Kier molecular flexibility index (Phi) is 10.4. The molecule has 3 rings (SSSR count). The highest BCUT2D eigenvalue weighted by Crippen LogP contribution is 2.44. The second kappa shape index (κ2) is 13.5. The normalized spacial score (nSPS) is 23.9. The summed E-state index contributed by atoms with van der Waals surface area (Å²) in [5, 5.41) is 0. The van der Waals surface area contributed by atoms with Crippen molar-refractivity contribution >= 4 is 17.9 Å². The summed E-state index contributed by atoms with van der Waals surface area (Å²) in [4.78, 5) is 36.1. The number of ether oxygens (including phenoxy) is 3. The van der Waals surface area contributed by atoms with Gasteiger partial charge in [-0.1, -0.05) is 26.3 Å². The van der Waals surface area contributed by atoms with Gasteiger partial charge in [-0.25, -0.2) is 9.59 Å². The Labute approximate surface area is 209 Å². The lowest BCUT2D eigenvalue weighted by Crippen LogP contribution is -2.28. The van der Waals surface area contributed by atoms with Crippen LogP contribution in [0.1, 0.15) is 87.1 Å². The lowest BCUT2D eigenvalue weighted by molar-refractivity contribution is -0.140. The maximum atomic E-state index is 12.8. The van der Waals surface area contributed by atoms with E-state index in [1.165, 1.54) is 25.7 Å². The maximum absolute atomic E-state index is 12.8. The predicted molar refractivity (Wildman–Crippen MR) is 134 cm³/mol. The molecular formula is C29H40O6. The Morgan fingerprint density at radius 3 is 2.29 bits per heavy atom. The number of benzene rings is 1. The highest BCUT2D eigenvalue weighted by Gasteiger charge is 2.35. The van der Waals surface area contributed by atoms with Gasteiger partial charge in [0.05, 0.1) is 24.7 Å². The van der Waals surface area contributed by atoms with E-state index in [1.807, 2.05) is 6.92 Å². The van der Waals surface area contributed by atoms with Crippen molar-refractivity contribution < 1.29 is 28.6 Å². The minimum Gasteiger partial charge on any atom is -0.463 e. The zero-order valence-corrected chi connectivity index (χ0v) is 21.3. The van der Waals surface area contributed by atoms with E-state index >= 15 is 0 Å². The molecule has 1 aromatic rings. The van der Waals surface area contributed by atoms with Gasteiger partial charge in [0.15, 0.2) is 0 Å². The minimum atomic E-state index is -0.458. The number of aryl methyl sites for hydroxylation is 1. The SMILES string of the molecule is C=CC(=O)OCCCCOC(=O)c1ccc(OC(=O)C2CCC(C3CCC(CC)C3)CC2)c(C)c1. The van der Waals surface area contributed by atoms with Gasteiger partial charge in [-0.3, -0.25) is 4.79 Å². The Hall–Kier alpha value is -2.63. The van der Waals surface area contributed by atoms with Crippen LogP contribution in [0.2, 0.25) is 0 Å². The fourth-order valence-electron chi connectivity index (χ4n) is 5.51. The fraction of sp³-hybridized carbons (Fsp3) is 0.621. The van der Waals surface area contributed by atoms with Crippen molar-refractivity contribution in [1.82, 2.24) is 0 Å². The first kappa shape index (κ1) is 27.0. The largest absolute Gasteiger partial charge is 0.463 e. The smallest absolute Gasteiger partial charge is 0.338 e.